The third-order valence-electron chi connectivity index (χ3n) is 3.25. The fourth-order valence-electron chi connectivity index (χ4n) is 2.41. The molecule has 102 valence electrons. The molecule has 1 aliphatic rings. The molecule has 1 aromatic rings. The summed E-state index contributed by atoms with van der Waals surface area (Å²) in [5.74, 6) is 0. The molecule has 1 aliphatic heterocycles. The number of hydrogen-bond acceptors (Lipinski definition) is 3. The number of nitriles is 1. The molecule has 2 rings (SSSR count). The number of rotatable bonds is 2. The van der Waals surface area contributed by atoms with E-state index in [4.69, 9.17) is 5.26 Å². The second-order valence-electron chi connectivity index (χ2n) is 4.62. The van der Waals surface area contributed by atoms with Gasteiger partial charge in [-0.15, -0.1) is 0 Å². The Morgan fingerprint density at radius 2 is 2.16 bits per heavy atom. The molecule has 19 heavy (non-hydrogen) atoms. The van der Waals surface area contributed by atoms with Crippen LogP contribution in [0.1, 0.15) is 23.6 Å². The number of aliphatic hydroxyl groups is 1. The van der Waals surface area contributed by atoms with Gasteiger partial charge in [-0.25, -0.2) is 0 Å². The van der Waals surface area contributed by atoms with Gasteiger partial charge in [0, 0.05) is 12.6 Å². The summed E-state index contributed by atoms with van der Waals surface area (Å²) >= 11 is 0. The largest absolute Gasteiger partial charge is 0.416 e. The van der Waals surface area contributed by atoms with Crippen molar-refractivity contribution in [3.63, 3.8) is 0 Å². The molecule has 1 saturated heterocycles. The molecule has 0 unspecified atom stereocenters. The van der Waals surface area contributed by atoms with E-state index in [1.165, 1.54) is 6.07 Å². The molecule has 1 N–H and O–H groups in total. The number of aliphatic hydroxyl groups excluding tert-OH is 1. The lowest BCUT2D eigenvalue weighted by Gasteiger charge is -2.22. The molecule has 0 aliphatic carbocycles. The number of nitrogens with zero attached hydrogens (tertiary/aromatic N) is 2. The van der Waals surface area contributed by atoms with Crippen LogP contribution in [0.2, 0.25) is 0 Å². The van der Waals surface area contributed by atoms with Gasteiger partial charge in [0.25, 0.3) is 0 Å². The van der Waals surface area contributed by atoms with Gasteiger partial charge >= 0.3 is 6.18 Å². The summed E-state index contributed by atoms with van der Waals surface area (Å²) in [5.41, 5.74) is -0.218. The number of hydrogen-bond donors (Lipinski definition) is 1. The smallest absolute Gasteiger partial charge is 0.392 e. The van der Waals surface area contributed by atoms with E-state index >= 15 is 0 Å². The lowest BCUT2D eigenvalue weighted by Crippen LogP contribution is -2.25. The maximum absolute atomic E-state index is 12.7. The van der Waals surface area contributed by atoms with E-state index in [9.17, 15) is 18.3 Å². The molecule has 1 heterocycles. The molecule has 6 heteroatoms. The van der Waals surface area contributed by atoms with Crippen LogP contribution in [0.25, 0.3) is 0 Å². The second kappa shape index (κ2) is 5.19. The third-order valence-corrected chi connectivity index (χ3v) is 3.25. The summed E-state index contributed by atoms with van der Waals surface area (Å²) in [6.07, 6.45) is -4.64. The Kier molecular flexibility index (Phi) is 3.78. The fraction of sp³-hybridized carbons (Fsp3) is 0.462. The van der Waals surface area contributed by atoms with Crippen LogP contribution in [-0.2, 0) is 6.18 Å². The SMILES string of the molecule is N#CCN1C[C@H](O)C[C@@H]1c1cccc(C(F)(F)F)c1. The Morgan fingerprint density at radius 3 is 2.79 bits per heavy atom. The Labute approximate surface area is 108 Å². The van der Waals surface area contributed by atoms with Crippen molar-refractivity contribution in [1.29, 1.82) is 5.26 Å². The van der Waals surface area contributed by atoms with Crippen molar-refractivity contribution >= 4 is 0 Å². The first kappa shape index (κ1) is 13.8. The minimum Gasteiger partial charge on any atom is -0.392 e. The predicted octanol–water partition coefficient (Wildman–Crippen LogP) is 2.34. The average molecular weight is 270 g/mol. The van der Waals surface area contributed by atoms with Crippen molar-refractivity contribution in [3.05, 3.63) is 35.4 Å². The van der Waals surface area contributed by atoms with Crippen molar-refractivity contribution in [2.24, 2.45) is 0 Å². The number of likely N-dealkylation sites (tertiary alicyclic amines) is 1. The molecular formula is C13H13F3N2O. The minimum atomic E-state index is -4.38. The van der Waals surface area contributed by atoms with Gasteiger partial charge < -0.3 is 5.11 Å². The van der Waals surface area contributed by atoms with Crippen LogP contribution < -0.4 is 0 Å². The van der Waals surface area contributed by atoms with Gasteiger partial charge in [0.1, 0.15) is 0 Å². The molecule has 0 spiro atoms. The molecule has 0 bridgehead atoms. The standard InChI is InChI=1S/C13H13F3N2O/c14-13(15,16)10-3-1-2-9(6-10)12-7-11(19)8-18(12)5-4-17/h1-3,6,11-12,19H,5,7-8H2/t11-,12-/m1/s1. The number of benzene rings is 1. The van der Waals surface area contributed by atoms with Crippen LogP contribution in [-0.4, -0.2) is 29.2 Å². The Balaban J connectivity index is 2.28. The highest BCUT2D eigenvalue weighted by Gasteiger charge is 2.34. The normalized spacial score (nSPS) is 24.4. The van der Waals surface area contributed by atoms with Gasteiger partial charge in [0.2, 0.25) is 0 Å². The van der Waals surface area contributed by atoms with E-state index in [1.807, 2.05) is 6.07 Å². The molecule has 0 saturated carbocycles. The number of β-amino-alcohol motifs (C(OH)–C–C–N with tert-alkyl or cyclic N) is 1. The van der Waals surface area contributed by atoms with Crippen molar-refractivity contribution in [1.82, 2.24) is 4.90 Å². The van der Waals surface area contributed by atoms with Gasteiger partial charge in [-0.3, -0.25) is 4.90 Å². The molecule has 2 atom stereocenters. The van der Waals surface area contributed by atoms with Gasteiger partial charge in [0.15, 0.2) is 0 Å². The molecule has 0 radical (unpaired) electrons. The van der Waals surface area contributed by atoms with E-state index in [1.54, 1.807) is 11.0 Å². The van der Waals surface area contributed by atoms with Gasteiger partial charge in [-0.2, -0.15) is 18.4 Å². The lowest BCUT2D eigenvalue weighted by molar-refractivity contribution is -0.137. The minimum absolute atomic E-state index is 0.0952. The highest BCUT2D eigenvalue weighted by molar-refractivity contribution is 5.29. The van der Waals surface area contributed by atoms with Gasteiger partial charge in [0.05, 0.1) is 24.3 Å². The first-order valence-electron chi connectivity index (χ1n) is 5.88. The average Bonchev–Trinajstić information content (AvgIpc) is 2.70. The van der Waals surface area contributed by atoms with Crippen LogP contribution in [0.4, 0.5) is 13.2 Å². The molecule has 0 amide bonds. The predicted molar refractivity (Wildman–Crippen MR) is 62.0 cm³/mol. The monoisotopic (exact) mass is 270 g/mol. The quantitative estimate of drug-likeness (QED) is 0.839. The zero-order valence-electron chi connectivity index (χ0n) is 10.1. The fourth-order valence-corrected chi connectivity index (χ4v) is 2.41. The summed E-state index contributed by atoms with van der Waals surface area (Å²) in [4.78, 5) is 1.69. The van der Waals surface area contributed by atoms with E-state index in [2.05, 4.69) is 0 Å². The van der Waals surface area contributed by atoms with Crippen LogP contribution >= 0.6 is 0 Å². The van der Waals surface area contributed by atoms with Crippen LogP contribution in [0.15, 0.2) is 24.3 Å². The van der Waals surface area contributed by atoms with E-state index < -0.39 is 17.8 Å². The van der Waals surface area contributed by atoms with Gasteiger partial charge in [-0.05, 0) is 24.1 Å². The molecule has 1 fully saturated rings. The van der Waals surface area contributed by atoms with Crippen molar-refractivity contribution in [2.75, 3.05) is 13.1 Å². The first-order valence-corrected chi connectivity index (χ1v) is 5.88. The van der Waals surface area contributed by atoms with Crippen molar-refractivity contribution < 1.29 is 18.3 Å². The lowest BCUT2D eigenvalue weighted by atomic mass is 10.0. The van der Waals surface area contributed by atoms with Crippen LogP contribution in [0.5, 0.6) is 0 Å². The van der Waals surface area contributed by atoms with Crippen molar-refractivity contribution in [2.45, 2.75) is 24.7 Å². The van der Waals surface area contributed by atoms with E-state index in [0.29, 0.717) is 18.5 Å². The summed E-state index contributed by atoms with van der Waals surface area (Å²) in [5, 5.41) is 18.3. The zero-order chi connectivity index (χ0) is 14.0. The number of alkyl halides is 3. The van der Waals surface area contributed by atoms with Gasteiger partial charge in [-0.1, -0.05) is 12.1 Å². The maximum Gasteiger partial charge on any atom is 0.416 e. The van der Waals surface area contributed by atoms with Crippen LogP contribution in [0, 0.1) is 11.3 Å². The summed E-state index contributed by atoms with van der Waals surface area (Å²) < 4.78 is 38.0. The first-order chi connectivity index (χ1) is 8.91. The Morgan fingerprint density at radius 1 is 1.42 bits per heavy atom. The highest BCUT2D eigenvalue weighted by atomic mass is 19.4. The second-order valence-corrected chi connectivity index (χ2v) is 4.62. The van der Waals surface area contributed by atoms with E-state index in [0.717, 1.165) is 12.1 Å². The Hall–Kier alpha value is -1.58. The molecule has 0 aromatic heterocycles. The van der Waals surface area contributed by atoms with Crippen molar-refractivity contribution in [3.8, 4) is 6.07 Å². The Bertz CT molecular complexity index is 495. The number of halogens is 3. The molecule has 3 nitrogen and oxygen atoms in total. The maximum atomic E-state index is 12.7. The summed E-state index contributed by atoms with van der Waals surface area (Å²) in [6.45, 7) is 0.409. The topological polar surface area (TPSA) is 47.3 Å². The van der Waals surface area contributed by atoms with E-state index in [-0.39, 0.29) is 12.6 Å². The molecular weight excluding hydrogens is 257 g/mol. The van der Waals surface area contributed by atoms with Crippen LogP contribution in [0.3, 0.4) is 0 Å². The highest BCUT2D eigenvalue weighted by Crippen LogP contribution is 2.35. The third kappa shape index (κ3) is 3.06. The zero-order valence-corrected chi connectivity index (χ0v) is 10.1. The molecule has 1 aromatic carbocycles. The summed E-state index contributed by atoms with van der Waals surface area (Å²) in [6, 6.07) is 6.69. The summed E-state index contributed by atoms with van der Waals surface area (Å²) in [7, 11) is 0.